The van der Waals surface area contributed by atoms with Gasteiger partial charge in [-0.3, -0.25) is 9.59 Å². The average molecular weight is 579 g/mol. The van der Waals surface area contributed by atoms with Crippen LogP contribution in [0.5, 0.6) is 0 Å². The third-order valence-electron chi connectivity index (χ3n) is 8.70. The number of hydrogen-bond donors (Lipinski definition) is 0. The number of rotatable bonds is 34. The van der Waals surface area contributed by atoms with Gasteiger partial charge in [-0.1, -0.05) is 206 Å². The first kappa shape index (κ1) is 40.1. The Labute approximate surface area is 258 Å². The molecule has 0 fully saturated rings. The van der Waals surface area contributed by atoms with Gasteiger partial charge in [0, 0.05) is 12.8 Å². The standard InChI is InChI=1S/C38H74O3/c1-3-5-7-9-11-13-15-17-19-20-22-24-26-28-30-32-34-36-38(40)41-37(39)35-33-31-29-27-25-23-21-18-16-14-12-10-8-6-4-2/h3-36H2,1-2H3. The zero-order valence-corrected chi connectivity index (χ0v) is 28.3. The molecular formula is C38H74O3. The lowest BCUT2D eigenvalue weighted by atomic mass is 10.0. The van der Waals surface area contributed by atoms with E-state index in [1.807, 2.05) is 0 Å². The van der Waals surface area contributed by atoms with Gasteiger partial charge < -0.3 is 4.74 Å². The molecule has 0 aromatic heterocycles. The Morgan fingerprint density at radius 2 is 0.463 bits per heavy atom. The predicted octanol–water partition coefficient (Wildman–Crippen LogP) is 13.4. The van der Waals surface area contributed by atoms with Crippen molar-refractivity contribution in [3.05, 3.63) is 0 Å². The molecule has 0 N–H and O–H groups in total. The van der Waals surface area contributed by atoms with E-state index < -0.39 is 0 Å². The van der Waals surface area contributed by atoms with Crippen LogP contribution in [0.15, 0.2) is 0 Å². The van der Waals surface area contributed by atoms with E-state index in [0.717, 1.165) is 25.7 Å². The molecular weight excluding hydrogens is 504 g/mol. The highest BCUT2D eigenvalue weighted by Crippen LogP contribution is 2.16. The number of carbonyl (C=O) groups excluding carboxylic acids is 2. The van der Waals surface area contributed by atoms with E-state index in [1.54, 1.807) is 0 Å². The van der Waals surface area contributed by atoms with Crippen molar-refractivity contribution < 1.29 is 14.3 Å². The Bertz CT molecular complexity index is 530. The van der Waals surface area contributed by atoms with Crippen molar-refractivity contribution in [2.75, 3.05) is 0 Å². The quantitative estimate of drug-likeness (QED) is 0.0433. The monoisotopic (exact) mass is 579 g/mol. The van der Waals surface area contributed by atoms with Crippen molar-refractivity contribution in [3.8, 4) is 0 Å². The van der Waals surface area contributed by atoms with E-state index in [-0.39, 0.29) is 11.9 Å². The van der Waals surface area contributed by atoms with Gasteiger partial charge in [0.2, 0.25) is 0 Å². The van der Waals surface area contributed by atoms with Crippen molar-refractivity contribution in [1.82, 2.24) is 0 Å². The molecule has 3 heteroatoms. The van der Waals surface area contributed by atoms with E-state index >= 15 is 0 Å². The molecule has 41 heavy (non-hydrogen) atoms. The molecule has 0 aromatic carbocycles. The minimum atomic E-state index is -0.323. The second kappa shape index (κ2) is 35.3. The topological polar surface area (TPSA) is 43.4 Å². The van der Waals surface area contributed by atoms with Crippen molar-refractivity contribution in [2.24, 2.45) is 0 Å². The fraction of sp³-hybridized carbons (Fsp3) is 0.947. The third kappa shape index (κ3) is 35.2. The molecule has 0 heterocycles. The molecule has 0 aliphatic carbocycles. The summed E-state index contributed by atoms with van der Waals surface area (Å²) in [6.45, 7) is 4.56. The van der Waals surface area contributed by atoms with E-state index in [4.69, 9.17) is 4.74 Å². The molecule has 0 aliphatic heterocycles. The normalized spacial score (nSPS) is 11.3. The van der Waals surface area contributed by atoms with Gasteiger partial charge in [0.05, 0.1) is 0 Å². The number of ether oxygens (including phenoxy) is 1. The minimum Gasteiger partial charge on any atom is -0.393 e. The molecule has 0 radical (unpaired) electrons. The minimum absolute atomic E-state index is 0.322. The number of unbranched alkanes of at least 4 members (excludes halogenated alkanes) is 30. The first-order chi connectivity index (χ1) is 20.2. The van der Waals surface area contributed by atoms with Crippen LogP contribution in [0.3, 0.4) is 0 Å². The smallest absolute Gasteiger partial charge is 0.313 e. The lowest BCUT2D eigenvalue weighted by molar-refractivity contribution is -0.159. The van der Waals surface area contributed by atoms with Crippen LogP contribution in [-0.2, 0) is 14.3 Å². The van der Waals surface area contributed by atoms with Crippen LogP contribution < -0.4 is 0 Å². The summed E-state index contributed by atoms with van der Waals surface area (Å²) in [6.07, 6.45) is 43.0. The predicted molar refractivity (Wildman–Crippen MR) is 179 cm³/mol. The molecule has 0 bridgehead atoms. The summed E-state index contributed by atoms with van der Waals surface area (Å²) in [5, 5.41) is 0. The van der Waals surface area contributed by atoms with Crippen LogP contribution in [0.2, 0.25) is 0 Å². The highest BCUT2D eigenvalue weighted by Gasteiger charge is 2.10. The van der Waals surface area contributed by atoms with Gasteiger partial charge in [-0.15, -0.1) is 0 Å². The summed E-state index contributed by atoms with van der Waals surface area (Å²) in [5.74, 6) is -0.645. The largest absolute Gasteiger partial charge is 0.393 e. The number of hydrogen-bond acceptors (Lipinski definition) is 3. The zero-order chi connectivity index (χ0) is 29.9. The van der Waals surface area contributed by atoms with Gasteiger partial charge in [0.25, 0.3) is 0 Å². The molecule has 0 atom stereocenters. The fourth-order valence-corrected chi connectivity index (χ4v) is 5.86. The Morgan fingerprint density at radius 3 is 0.659 bits per heavy atom. The van der Waals surface area contributed by atoms with Gasteiger partial charge in [-0.25, -0.2) is 0 Å². The third-order valence-corrected chi connectivity index (χ3v) is 8.70. The summed E-state index contributed by atoms with van der Waals surface area (Å²) in [5.41, 5.74) is 0. The van der Waals surface area contributed by atoms with Gasteiger partial charge >= 0.3 is 11.9 Å². The van der Waals surface area contributed by atoms with Crippen LogP contribution in [0.4, 0.5) is 0 Å². The average Bonchev–Trinajstić information content (AvgIpc) is 2.96. The lowest BCUT2D eigenvalue weighted by Gasteiger charge is -2.05. The summed E-state index contributed by atoms with van der Waals surface area (Å²) in [4.78, 5) is 23.9. The van der Waals surface area contributed by atoms with Crippen molar-refractivity contribution in [3.63, 3.8) is 0 Å². The zero-order valence-electron chi connectivity index (χ0n) is 28.3. The Balaban J connectivity index is 3.27. The van der Waals surface area contributed by atoms with E-state index in [1.165, 1.54) is 180 Å². The van der Waals surface area contributed by atoms with Gasteiger partial charge in [0.15, 0.2) is 0 Å². The molecule has 0 saturated carbocycles. The molecule has 0 rings (SSSR count). The SMILES string of the molecule is CCCCCCCCCCCCCCCCCCCC(=O)OC(=O)CCCCCCCCCCCCCCCCC. The highest BCUT2D eigenvalue weighted by atomic mass is 16.6. The Morgan fingerprint density at radius 1 is 0.293 bits per heavy atom. The number of esters is 2. The van der Waals surface area contributed by atoms with Crippen molar-refractivity contribution in [2.45, 2.75) is 232 Å². The van der Waals surface area contributed by atoms with Crippen molar-refractivity contribution >= 4 is 11.9 Å². The van der Waals surface area contributed by atoms with Gasteiger partial charge in [0.1, 0.15) is 0 Å². The number of carbonyl (C=O) groups is 2. The van der Waals surface area contributed by atoms with E-state index in [2.05, 4.69) is 13.8 Å². The second-order valence-electron chi connectivity index (χ2n) is 13.0. The van der Waals surface area contributed by atoms with Gasteiger partial charge in [-0.2, -0.15) is 0 Å². The summed E-state index contributed by atoms with van der Waals surface area (Å²) < 4.78 is 5.02. The molecule has 0 unspecified atom stereocenters. The molecule has 0 aromatic rings. The van der Waals surface area contributed by atoms with E-state index in [9.17, 15) is 9.59 Å². The van der Waals surface area contributed by atoms with Crippen LogP contribution in [0.25, 0.3) is 0 Å². The molecule has 244 valence electrons. The second-order valence-corrected chi connectivity index (χ2v) is 13.0. The lowest BCUT2D eigenvalue weighted by Crippen LogP contribution is -2.11. The van der Waals surface area contributed by atoms with Crippen LogP contribution >= 0.6 is 0 Å². The van der Waals surface area contributed by atoms with Crippen LogP contribution in [0, 0.1) is 0 Å². The van der Waals surface area contributed by atoms with E-state index in [0.29, 0.717) is 12.8 Å². The Kier molecular flexibility index (Phi) is 34.6. The molecule has 3 nitrogen and oxygen atoms in total. The molecule has 0 amide bonds. The highest BCUT2D eigenvalue weighted by molar-refractivity contribution is 5.85. The van der Waals surface area contributed by atoms with Crippen molar-refractivity contribution in [1.29, 1.82) is 0 Å². The first-order valence-corrected chi connectivity index (χ1v) is 18.9. The maximum atomic E-state index is 11.9. The fourth-order valence-electron chi connectivity index (χ4n) is 5.86. The first-order valence-electron chi connectivity index (χ1n) is 18.9. The van der Waals surface area contributed by atoms with Crippen LogP contribution in [-0.4, -0.2) is 11.9 Å². The molecule has 0 aliphatic rings. The Hall–Kier alpha value is -0.860. The van der Waals surface area contributed by atoms with Gasteiger partial charge in [-0.05, 0) is 12.8 Å². The molecule has 0 saturated heterocycles. The summed E-state index contributed by atoms with van der Waals surface area (Å²) >= 11 is 0. The maximum absolute atomic E-state index is 11.9. The maximum Gasteiger partial charge on any atom is 0.313 e. The summed E-state index contributed by atoms with van der Waals surface area (Å²) in [7, 11) is 0. The molecule has 0 spiro atoms. The van der Waals surface area contributed by atoms with Crippen LogP contribution in [0.1, 0.15) is 232 Å². The summed E-state index contributed by atoms with van der Waals surface area (Å²) in [6, 6.07) is 0.